The zero-order chi connectivity index (χ0) is 34.1. The molecule has 2 amide bonds. The Balaban J connectivity index is 1.12. The summed E-state index contributed by atoms with van der Waals surface area (Å²) in [7, 11) is 1.57. The van der Waals surface area contributed by atoms with Gasteiger partial charge in [0.15, 0.2) is 23.7 Å². The van der Waals surface area contributed by atoms with Gasteiger partial charge in [-0.1, -0.05) is 13.0 Å². The molecule has 3 aliphatic carbocycles. The Morgan fingerprint density at radius 1 is 1.13 bits per heavy atom. The average Bonchev–Trinajstić information content (AvgIpc) is 3.63. The van der Waals surface area contributed by atoms with Crippen molar-refractivity contribution < 1.29 is 48.0 Å². The Morgan fingerprint density at radius 3 is 2.57 bits per heavy atom. The highest BCUT2D eigenvalue weighted by Gasteiger charge is 2.72. The molecular formula is C35H46N2O10. The third-order valence-corrected chi connectivity index (χ3v) is 10.7. The van der Waals surface area contributed by atoms with E-state index in [1.807, 2.05) is 12.1 Å². The number of methoxy groups -OCH3 is 1. The summed E-state index contributed by atoms with van der Waals surface area (Å²) < 4.78 is 28.9. The number of carbonyl (C=O) groups is 4. The number of esters is 2. The number of benzene rings is 1. The number of likely N-dealkylation sites (tertiary alicyclic amines) is 1. The monoisotopic (exact) mass is 654 g/mol. The summed E-state index contributed by atoms with van der Waals surface area (Å²) >= 11 is 0. The summed E-state index contributed by atoms with van der Waals surface area (Å²) in [4.78, 5) is 53.4. The van der Waals surface area contributed by atoms with E-state index in [0.717, 1.165) is 24.0 Å². The highest BCUT2D eigenvalue weighted by molar-refractivity contribution is 5.90. The molecule has 1 saturated carbocycles. The van der Waals surface area contributed by atoms with E-state index in [-0.39, 0.29) is 11.7 Å². The predicted molar refractivity (Wildman–Crippen MR) is 168 cm³/mol. The van der Waals surface area contributed by atoms with Gasteiger partial charge < -0.3 is 34.1 Å². The van der Waals surface area contributed by atoms with Crippen LogP contribution in [0.3, 0.4) is 0 Å². The molecule has 2 aliphatic heterocycles. The van der Waals surface area contributed by atoms with E-state index < -0.39 is 64.8 Å². The van der Waals surface area contributed by atoms with Crippen LogP contribution in [0, 0.1) is 11.8 Å². The largest absolute Gasteiger partial charge is 0.493 e. The maximum Gasteiger partial charge on any atom is 0.410 e. The molecule has 0 aromatic heterocycles. The number of amides is 2. The van der Waals surface area contributed by atoms with Crippen LogP contribution in [0.2, 0.25) is 0 Å². The van der Waals surface area contributed by atoms with Crippen molar-refractivity contribution >= 4 is 23.9 Å². The minimum Gasteiger partial charge on any atom is -0.493 e. The summed E-state index contributed by atoms with van der Waals surface area (Å²) in [5, 5.41) is 15.0. The fourth-order valence-electron chi connectivity index (χ4n) is 8.44. The van der Waals surface area contributed by atoms with Gasteiger partial charge in [0.05, 0.1) is 18.1 Å². The Kier molecular flexibility index (Phi) is 8.25. The average molecular weight is 655 g/mol. The van der Waals surface area contributed by atoms with E-state index in [0.29, 0.717) is 49.6 Å². The molecule has 2 heterocycles. The number of rotatable bonds is 7. The van der Waals surface area contributed by atoms with Crippen molar-refractivity contribution in [1.29, 1.82) is 0 Å². The van der Waals surface area contributed by atoms with Crippen molar-refractivity contribution in [2.24, 2.45) is 11.8 Å². The molecule has 1 saturated heterocycles. The summed E-state index contributed by atoms with van der Waals surface area (Å²) in [6.45, 7) is 10.6. The molecule has 2 bridgehead atoms. The molecule has 256 valence electrons. The van der Waals surface area contributed by atoms with E-state index in [1.54, 1.807) is 34.0 Å². The highest BCUT2D eigenvalue weighted by atomic mass is 16.6. The topological polar surface area (TPSA) is 150 Å². The van der Waals surface area contributed by atoms with Gasteiger partial charge >= 0.3 is 18.0 Å². The molecule has 1 spiro atoms. The van der Waals surface area contributed by atoms with Crippen molar-refractivity contribution in [3.8, 4) is 11.5 Å². The second-order valence-electron chi connectivity index (χ2n) is 14.7. The second-order valence-corrected chi connectivity index (χ2v) is 14.7. The van der Waals surface area contributed by atoms with E-state index >= 15 is 0 Å². The number of hydrogen-bond donors (Lipinski definition) is 2. The van der Waals surface area contributed by atoms with Crippen LogP contribution in [0.15, 0.2) is 24.0 Å². The zero-order valence-electron chi connectivity index (χ0n) is 28.2. The minimum absolute atomic E-state index is 0.0136. The van der Waals surface area contributed by atoms with Crippen LogP contribution in [0.1, 0.15) is 84.8 Å². The quantitative estimate of drug-likeness (QED) is 0.329. The molecule has 0 radical (unpaired) electrons. The lowest BCUT2D eigenvalue weighted by Crippen LogP contribution is -2.69. The minimum atomic E-state index is -1.30. The third kappa shape index (κ3) is 5.32. The van der Waals surface area contributed by atoms with Crippen LogP contribution in [0.4, 0.5) is 4.79 Å². The summed E-state index contributed by atoms with van der Waals surface area (Å²) in [6.07, 6.45) is 2.69. The van der Waals surface area contributed by atoms with Gasteiger partial charge in [0, 0.05) is 12.1 Å². The lowest BCUT2D eigenvalue weighted by Gasteiger charge is -2.61. The highest BCUT2D eigenvalue weighted by Crippen LogP contribution is 2.68. The molecule has 1 aromatic carbocycles. The van der Waals surface area contributed by atoms with Crippen molar-refractivity contribution in [1.82, 2.24) is 10.2 Å². The fraction of sp³-hybridized carbons (Fsp3) is 0.657. The number of ether oxygens (including phenoxy) is 5. The van der Waals surface area contributed by atoms with E-state index in [1.165, 1.54) is 18.7 Å². The van der Waals surface area contributed by atoms with E-state index in [4.69, 9.17) is 23.7 Å². The van der Waals surface area contributed by atoms with Crippen LogP contribution in [0.25, 0.3) is 0 Å². The number of aliphatic hydroxyl groups is 1. The number of nitrogens with zero attached hydrogens (tertiary/aromatic N) is 1. The zero-order valence-corrected chi connectivity index (χ0v) is 28.2. The molecule has 1 unspecified atom stereocenters. The van der Waals surface area contributed by atoms with Gasteiger partial charge in [0.25, 0.3) is 0 Å². The maximum atomic E-state index is 13.4. The standard InChI is InChI=1S/C35H46N2O10/c1-18-12-14-34-26-21-10-11-24(43-7)27(26)46-28(34)25(13-15-35(34,42)22(18)17-21)45-31(40)20(3)44-30(39)19(2)36-29(38)23-9-8-16-37(23)32(41)47-33(4,5)6/h10-11,13,18-20,22-23,28,42H,8-9,12,14-17H2,1-7H3,(H,36,38)/t18?,19-,20-,22-,23-,28-,34-,35+/m0/s1. The van der Waals surface area contributed by atoms with Gasteiger partial charge in [-0.3, -0.25) is 9.69 Å². The van der Waals surface area contributed by atoms with Crippen molar-refractivity contribution in [2.75, 3.05) is 13.7 Å². The molecule has 8 atom stereocenters. The molecule has 1 aromatic rings. The first-order valence-electron chi connectivity index (χ1n) is 16.6. The van der Waals surface area contributed by atoms with Crippen LogP contribution >= 0.6 is 0 Å². The first-order chi connectivity index (χ1) is 22.1. The van der Waals surface area contributed by atoms with Gasteiger partial charge in [-0.25, -0.2) is 14.4 Å². The molecule has 12 nitrogen and oxygen atoms in total. The van der Waals surface area contributed by atoms with Crippen LogP contribution in [0.5, 0.6) is 11.5 Å². The molecule has 12 heteroatoms. The van der Waals surface area contributed by atoms with Gasteiger partial charge in [-0.05, 0) is 103 Å². The van der Waals surface area contributed by atoms with Gasteiger partial charge in [-0.15, -0.1) is 0 Å². The van der Waals surface area contributed by atoms with Crippen molar-refractivity contribution in [3.63, 3.8) is 0 Å². The normalized spacial score (nSPS) is 31.4. The third-order valence-electron chi connectivity index (χ3n) is 10.7. The molecule has 2 N–H and O–H groups in total. The number of carbonyl (C=O) groups excluding carboxylic acids is 4. The summed E-state index contributed by atoms with van der Waals surface area (Å²) in [5.74, 6) is -0.423. The van der Waals surface area contributed by atoms with Crippen molar-refractivity contribution in [3.05, 3.63) is 35.1 Å². The van der Waals surface area contributed by atoms with Crippen LogP contribution in [-0.2, 0) is 40.4 Å². The Labute approximate surface area is 275 Å². The van der Waals surface area contributed by atoms with Crippen LogP contribution < -0.4 is 14.8 Å². The summed E-state index contributed by atoms with van der Waals surface area (Å²) in [5.41, 5.74) is -0.555. The Morgan fingerprint density at radius 2 is 1.87 bits per heavy atom. The molecule has 5 aliphatic rings. The number of hydrogen-bond acceptors (Lipinski definition) is 10. The summed E-state index contributed by atoms with van der Waals surface area (Å²) in [6, 6.07) is 2.05. The second kappa shape index (κ2) is 11.7. The maximum absolute atomic E-state index is 13.4. The van der Waals surface area contributed by atoms with E-state index in [2.05, 4.69) is 12.2 Å². The smallest absolute Gasteiger partial charge is 0.410 e. The van der Waals surface area contributed by atoms with Gasteiger partial charge in [-0.2, -0.15) is 0 Å². The molecule has 2 fully saturated rings. The lowest BCUT2D eigenvalue weighted by atomic mass is 9.45. The molecule has 6 rings (SSSR count). The van der Waals surface area contributed by atoms with E-state index in [9.17, 15) is 24.3 Å². The number of nitrogens with one attached hydrogen (secondary N) is 1. The Hall–Kier alpha value is -3.80. The van der Waals surface area contributed by atoms with Gasteiger partial charge in [0.1, 0.15) is 23.4 Å². The SMILES string of the molecule is COc1ccc2c3c1O[C@H]1C(OC(=O)[C@H](C)OC(=O)[C@H](C)NC(=O)[C@@H]4CCCN4C(=O)OC(C)(C)C)=CC[C@@]4(O)[C@@H](C2)C(C)CC[C@]314. The Bertz CT molecular complexity index is 1520. The predicted octanol–water partition coefficient (Wildman–Crippen LogP) is 3.69. The van der Waals surface area contributed by atoms with Crippen molar-refractivity contribution in [2.45, 2.75) is 121 Å². The van der Waals surface area contributed by atoms with Crippen LogP contribution in [-0.4, -0.2) is 83.1 Å². The lowest BCUT2D eigenvalue weighted by molar-refractivity contribution is -0.176. The molecule has 47 heavy (non-hydrogen) atoms. The molecular weight excluding hydrogens is 608 g/mol. The van der Waals surface area contributed by atoms with Gasteiger partial charge in [0.2, 0.25) is 5.91 Å². The first-order valence-corrected chi connectivity index (χ1v) is 16.6. The first kappa shape index (κ1) is 33.1. The fourth-order valence-corrected chi connectivity index (χ4v) is 8.44.